The van der Waals surface area contributed by atoms with Crippen molar-refractivity contribution in [1.82, 2.24) is 9.46 Å². The molecule has 146 valence electrons. The maximum absolute atomic E-state index is 13.0. The summed E-state index contributed by atoms with van der Waals surface area (Å²) in [6, 6.07) is 5.78. The van der Waals surface area contributed by atoms with Gasteiger partial charge in [-0.3, -0.25) is 0 Å². The van der Waals surface area contributed by atoms with E-state index in [9.17, 15) is 13.2 Å². The summed E-state index contributed by atoms with van der Waals surface area (Å²) in [5, 5.41) is 3.83. The smallest absolute Gasteiger partial charge is 0.338 e. The van der Waals surface area contributed by atoms with Gasteiger partial charge >= 0.3 is 5.97 Å². The number of nitrogens with zero attached hydrogens (tertiary/aromatic N) is 2. The molecule has 2 heterocycles. The molecule has 0 amide bonds. The van der Waals surface area contributed by atoms with Gasteiger partial charge in [0.25, 0.3) is 0 Å². The molecule has 27 heavy (non-hydrogen) atoms. The van der Waals surface area contributed by atoms with Crippen molar-refractivity contribution in [1.29, 1.82) is 0 Å². The molecule has 0 atom stereocenters. The van der Waals surface area contributed by atoms with Gasteiger partial charge in [0.2, 0.25) is 10.0 Å². The number of hydrogen-bond donors (Lipinski definition) is 0. The van der Waals surface area contributed by atoms with Crippen molar-refractivity contribution in [2.24, 2.45) is 0 Å². The van der Waals surface area contributed by atoms with E-state index in [1.54, 1.807) is 13.0 Å². The molecular weight excluding hydrogens is 392 g/mol. The lowest BCUT2D eigenvalue weighted by molar-refractivity contribution is 0.0464. The van der Waals surface area contributed by atoms with E-state index >= 15 is 0 Å². The standard InChI is InChI=1S/C18H21ClN2O5S/c1-13-10-15(20-26-13)12-25-18(22)14-6-7-16(19)17(11-14)27(23,24)21-8-4-2-3-5-9-21/h6-7,10-11H,2-5,8-9,12H2,1H3. The first-order chi connectivity index (χ1) is 12.9. The maximum Gasteiger partial charge on any atom is 0.338 e. The summed E-state index contributed by atoms with van der Waals surface area (Å²) in [5.41, 5.74) is 0.597. The Morgan fingerprint density at radius 2 is 1.93 bits per heavy atom. The van der Waals surface area contributed by atoms with E-state index in [1.807, 2.05) is 0 Å². The van der Waals surface area contributed by atoms with Crippen LogP contribution in [0.2, 0.25) is 5.02 Å². The summed E-state index contributed by atoms with van der Waals surface area (Å²) in [6.07, 6.45) is 3.65. The average Bonchev–Trinajstić information content (AvgIpc) is 2.88. The largest absolute Gasteiger partial charge is 0.455 e. The Bertz CT molecular complexity index is 918. The fourth-order valence-corrected chi connectivity index (χ4v) is 4.98. The number of carbonyl (C=O) groups excluding carboxylic acids is 1. The van der Waals surface area contributed by atoms with Crippen LogP contribution in [-0.4, -0.2) is 36.9 Å². The van der Waals surface area contributed by atoms with Crippen LogP contribution in [0.15, 0.2) is 33.7 Å². The Kier molecular flexibility index (Phi) is 6.18. The highest BCUT2D eigenvalue weighted by Gasteiger charge is 2.28. The Morgan fingerprint density at radius 1 is 1.22 bits per heavy atom. The van der Waals surface area contributed by atoms with E-state index in [0.717, 1.165) is 25.7 Å². The second kappa shape index (κ2) is 8.41. The lowest BCUT2D eigenvalue weighted by atomic mass is 10.2. The summed E-state index contributed by atoms with van der Waals surface area (Å²) >= 11 is 6.14. The summed E-state index contributed by atoms with van der Waals surface area (Å²) in [7, 11) is -3.77. The first-order valence-electron chi connectivity index (χ1n) is 8.77. The Balaban J connectivity index is 1.79. The quantitative estimate of drug-likeness (QED) is 0.697. The van der Waals surface area contributed by atoms with Crippen LogP contribution in [-0.2, 0) is 21.4 Å². The molecule has 0 spiro atoms. The highest BCUT2D eigenvalue weighted by Crippen LogP contribution is 2.28. The number of esters is 1. The van der Waals surface area contributed by atoms with Gasteiger partial charge in [0.1, 0.15) is 23.0 Å². The molecule has 1 fully saturated rings. The molecule has 0 bridgehead atoms. The minimum Gasteiger partial charge on any atom is -0.455 e. The molecule has 1 aliphatic rings. The van der Waals surface area contributed by atoms with Crippen molar-refractivity contribution in [2.75, 3.05) is 13.1 Å². The molecule has 0 unspecified atom stereocenters. The first-order valence-corrected chi connectivity index (χ1v) is 10.6. The first kappa shape index (κ1) is 19.9. The van der Waals surface area contributed by atoms with Gasteiger partial charge in [0.05, 0.1) is 10.6 Å². The monoisotopic (exact) mass is 412 g/mol. The van der Waals surface area contributed by atoms with E-state index in [0.29, 0.717) is 24.5 Å². The summed E-state index contributed by atoms with van der Waals surface area (Å²) in [5.74, 6) is -0.0435. The average molecular weight is 413 g/mol. The van der Waals surface area contributed by atoms with Crippen LogP contribution in [0.5, 0.6) is 0 Å². The minimum atomic E-state index is -3.77. The van der Waals surface area contributed by atoms with E-state index in [4.69, 9.17) is 20.9 Å². The molecule has 1 aromatic heterocycles. The van der Waals surface area contributed by atoms with E-state index in [2.05, 4.69) is 5.16 Å². The lowest BCUT2D eigenvalue weighted by Gasteiger charge is -2.21. The van der Waals surface area contributed by atoms with Gasteiger partial charge in [-0.2, -0.15) is 4.31 Å². The number of aryl methyl sites for hydroxylation is 1. The predicted molar refractivity (Wildman–Crippen MR) is 99.0 cm³/mol. The van der Waals surface area contributed by atoms with Gasteiger partial charge < -0.3 is 9.26 Å². The molecule has 0 N–H and O–H groups in total. The van der Waals surface area contributed by atoms with Crippen LogP contribution in [0.4, 0.5) is 0 Å². The zero-order valence-electron chi connectivity index (χ0n) is 15.0. The van der Waals surface area contributed by atoms with Gasteiger partial charge in [0.15, 0.2) is 0 Å². The number of hydrogen-bond acceptors (Lipinski definition) is 6. The number of ether oxygens (including phenoxy) is 1. The highest BCUT2D eigenvalue weighted by molar-refractivity contribution is 7.89. The van der Waals surface area contributed by atoms with Gasteiger partial charge in [-0.05, 0) is 38.0 Å². The number of benzene rings is 1. The molecular formula is C18H21ClN2O5S. The number of sulfonamides is 1. The molecule has 3 rings (SSSR count). The van der Waals surface area contributed by atoms with Crippen LogP contribution in [0.3, 0.4) is 0 Å². The molecule has 0 aliphatic carbocycles. The minimum absolute atomic E-state index is 0.0625. The molecule has 1 aliphatic heterocycles. The normalized spacial score (nSPS) is 16.1. The van der Waals surface area contributed by atoms with Crippen molar-refractivity contribution in [3.8, 4) is 0 Å². The van der Waals surface area contributed by atoms with Crippen LogP contribution in [0, 0.1) is 6.92 Å². The second-order valence-corrected chi connectivity index (χ2v) is 8.78. The van der Waals surface area contributed by atoms with Crippen molar-refractivity contribution >= 4 is 27.6 Å². The van der Waals surface area contributed by atoms with Gasteiger partial charge in [-0.25, -0.2) is 13.2 Å². The maximum atomic E-state index is 13.0. The zero-order valence-corrected chi connectivity index (χ0v) is 16.6. The SMILES string of the molecule is Cc1cc(COC(=O)c2ccc(Cl)c(S(=O)(=O)N3CCCCCC3)c2)no1. The summed E-state index contributed by atoms with van der Waals surface area (Å²) in [6.45, 7) is 2.59. The summed E-state index contributed by atoms with van der Waals surface area (Å²) in [4.78, 5) is 12.2. The lowest BCUT2D eigenvalue weighted by Crippen LogP contribution is -2.32. The van der Waals surface area contributed by atoms with Crippen molar-refractivity contribution < 1.29 is 22.5 Å². The molecule has 0 radical (unpaired) electrons. The fraction of sp³-hybridized carbons (Fsp3) is 0.444. The molecule has 7 nitrogen and oxygen atoms in total. The number of rotatable bonds is 5. The summed E-state index contributed by atoms with van der Waals surface area (Å²) < 4.78 is 37.5. The van der Waals surface area contributed by atoms with E-state index in [-0.39, 0.29) is 22.1 Å². The Labute approximate surface area is 163 Å². The molecule has 9 heteroatoms. The Hall–Kier alpha value is -1.90. The van der Waals surface area contributed by atoms with Gasteiger partial charge in [-0.1, -0.05) is 29.6 Å². The van der Waals surface area contributed by atoms with E-state index < -0.39 is 16.0 Å². The fourth-order valence-electron chi connectivity index (χ4n) is 2.96. The number of carbonyl (C=O) groups is 1. The van der Waals surface area contributed by atoms with Crippen LogP contribution in [0.1, 0.15) is 47.5 Å². The zero-order chi connectivity index (χ0) is 19.4. The van der Waals surface area contributed by atoms with Crippen LogP contribution in [0.25, 0.3) is 0 Å². The number of aromatic nitrogens is 1. The third-order valence-corrected chi connectivity index (χ3v) is 6.76. The van der Waals surface area contributed by atoms with Crippen molar-refractivity contribution in [3.05, 3.63) is 46.3 Å². The van der Waals surface area contributed by atoms with Crippen molar-refractivity contribution in [3.63, 3.8) is 0 Å². The third kappa shape index (κ3) is 4.69. The molecule has 2 aromatic rings. The third-order valence-electron chi connectivity index (χ3n) is 4.38. The molecule has 0 saturated carbocycles. The van der Waals surface area contributed by atoms with Crippen LogP contribution < -0.4 is 0 Å². The van der Waals surface area contributed by atoms with Crippen LogP contribution >= 0.6 is 11.6 Å². The predicted octanol–water partition coefficient (Wildman–Crippen LogP) is 3.56. The van der Waals surface area contributed by atoms with Gasteiger partial charge in [-0.15, -0.1) is 0 Å². The second-order valence-electron chi connectivity index (χ2n) is 6.47. The molecule has 1 aromatic carbocycles. The topological polar surface area (TPSA) is 89.7 Å². The van der Waals surface area contributed by atoms with Crippen molar-refractivity contribution in [2.45, 2.75) is 44.1 Å². The van der Waals surface area contributed by atoms with Gasteiger partial charge in [0, 0.05) is 19.2 Å². The number of halogens is 1. The molecule has 1 saturated heterocycles. The highest BCUT2D eigenvalue weighted by atomic mass is 35.5. The Morgan fingerprint density at radius 3 is 2.56 bits per heavy atom. The van der Waals surface area contributed by atoms with E-state index in [1.165, 1.54) is 22.5 Å².